The summed E-state index contributed by atoms with van der Waals surface area (Å²) in [7, 11) is 0. The zero-order valence-electron chi connectivity index (χ0n) is 13.6. The number of aliphatic carboxylic acids is 2. The van der Waals surface area contributed by atoms with E-state index in [1.807, 2.05) is 36.1 Å². The van der Waals surface area contributed by atoms with E-state index >= 15 is 0 Å². The third-order valence-corrected chi connectivity index (χ3v) is 3.02. The van der Waals surface area contributed by atoms with Crippen LogP contribution in [-0.2, 0) is 9.59 Å². The average molecular weight is 323 g/mol. The van der Waals surface area contributed by atoms with Gasteiger partial charge >= 0.3 is 59.1 Å². The van der Waals surface area contributed by atoms with Crippen LogP contribution >= 0.6 is 0 Å². The molecular formula is C15H19NNa2O4. The molecule has 0 aliphatic carbocycles. The molecule has 110 valence electrons. The molecule has 0 saturated heterocycles. The second-order valence-electron chi connectivity index (χ2n) is 4.77. The normalized spacial score (nSPS) is 9.32. The summed E-state index contributed by atoms with van der Waals surface area (Å²) in [5.74, 6) is -2.13. The molecule has 0 saturated carbocycles. The fourth-order valence-corrected chi connectivity index (χ4v) is 1.95. The Labute approximate surface area is 175 Å². The van der Waals surface area contributed by atoms with Crippen LogP contribution in [0.3, 0.4) is 0 Å². The zero-order chi connectivity index (χ0) is 15.0. The molecule has 5 nitrogen and oxygen atoms in total. The van der Waals surface area contributed by atoms with Crippen molar-refractivity contribution in [3.63, 3.8) is 0 Å². The van der Waals surface area contributed by atoms with Gasteiger partial charge in [-0.1, -0.05) is 17.7 Å². The molecule has 0 spiro atoms. The fraction of sp³-hybridized carbons (Fsp3) is 0.467. The number of carboxylic acids is 2. The molecule has 0 fully saturated rings. The number of hydrogen-bond donors (Lipinski definition) is 0. The van der Waals surface area contributed by atoms with Crippen molar-refractivity contribution < 1.29 is 78.9 Å². The van der Waals surface area contributed by atoms with Gasteiger partial charge in [-0.25, -0.2) is 0 Å². The van der Waals surface area contributed by atoms with Crippen LogP contribution in [0.15, 0.2) is 24.3 Å². The molecule has 0 unspecified atom stereocenters. The van der Waals surface area contributed by atoms with E-state index in [2.05, 4.69) is 0 Å². The third kappa shape index (κ3) is 10.6. The van der Waals surface area contributed by atoms with Crippen LogP contribution in [0.5, 0.6) is 0 Å². The molecule has 0 aliphatic heterocycles. The maximum absolute atomic E-state index is 10.4. The maximum atomic E-state index is 10.4. The summed E-state index contributed by atoms with van der Waals surface area (Å²) in [6, 6.07) is 7.85. The summed E-state index contributed by atoms with van der Waals surface area (Å²) in [5.41, 5.74) is 2.10. The predicted octanol–water partition coefficient (Wildman–Crippen LogP) is -6.13. The number of carboxylic acid groups (broad SMARTS) is 2. The van der Waals surface area contributed by atoms with Crippen LogP contribution in [-0.4, -0.2) is 25.0 Å². The van der Waals surface area contributed by atoms with Gasteiger partial charge in [0.25, 0.3) is 0 Å². The monoisotopic (exact) mass is 323 g/mol. The minimum absolute atomic E-state index is 0. The first-order valence-electron chi connectivity index (χ1n) is 6.70. The van der Waals surface area contributed by atoms with Crippen LogP contribution in [0.2, 0.25) is 0 Å². The number of hydrogen-bond acceptors (Lipinski definition) is 5. The van der Waals surface area contributed by atoms with Crippen LogP contribution < -0.4 is 74.2 Å². The molecular weight excluding hydrogens is 304 g/mol. The smallest absolute Gasteiger partial charge is 0.550 e. The van der Waals surface area contributed by atoms with Crippen molar-refractivity contribution in [2.75, 3.05) is 18.0 Å². The van der Waals surface area contributed by atoms with Gasteiger partial charge in [0, 0.05) is 30.7 Å². The summed E-state index contributed by atoms with van der Waals surface area (Å²) >= 11 is 0. The minimum atomic E-state index is -1.07. The van der Waals surface area contributed by atoms with E-state index in [1.165, 1.54) is 0 Å². The SMILES string of the molecule is Cc1ccc(N(CCCC(=O)[O-])CCCC(=O)[O-])cc1.[Na+].[Na+]. The molecule has 1 rings (SSSR count). The van der Waals surface area contributed by atoms with E-state index in [4.69, 9.17) is 0 Å². The van der Waals surface area contributed by atoms with Crippen LogP contribution in [0.25, 0.3) is 0 Å². The number of benzene rings is 1. The fourth-order valence-electron chi connectivity index (χ4n) is 1.95. The summed E-state index contributed by atoms with van der Waals surface area (Å²) in [5, 5.41) is 20.9. The van der Waals surface area contributed by atoms with Crippen molar-refractivity contribution in [2.24, 2.45) is 0 Å². The quantitative estimate of drug-likeness (QED) is 0.422. The Morgan fingerprint density at radius 2 is 1.32 bits per heavy atom. The van der Waals surface area contributed by atoms with Gasteiger partial charge in [0.15, 0.2) is 0 Å². The molecule has 0 aliphatic rings. The largest absolute Gasteiger partial charge is 1.00 e. The summed E-state index contributed by atoms with van der Waals surface area (Å²) in [6.07, 6.45) is 0.953. The molecule has 0 bridgehead atoms. The van der Waals surface area contributed by atoms with E-state index in [-0.39, 0.29) is 72.0 Å². The average Bonchev–Trinajstić information content (AvgIpc) is 2.37. The second kappa shape index (κ2) is 13.4. The van der Waals surface area contributed by atoms with Crippen molar-refractivity contribution in [1.29, 1.82) is 0 Å². The van der Waals surface area contributed by atoms with E-state index in [0.29, 0.717) is 25.9 Å². The molecule has 7 heteroatoms. The van der Waals surface area contributed by atoms with E-state index in [0.717, 1.165) is 11.3 Å². The maximum Gasteiger partial charge on any atom is 1.00 e. The van der Waals surface area contributed by atoms with Gasteiger partial charge in [-0.15, -0.1) is 0 Å². The standard InChI is InChI=1S/C15H21NO4.2Na/c1-12-6-8-13(9-7-12)16(10-2-4-14(17)18)11-3-5-15(19)20;;/h6-9H,2-5,10-11H2,1H3,(H,17,18)(H,19,20);;/q;2*+1/p-2. The first-order chi connectivity index (χ1) is 9.49. The Morgan fingerprint density at radius 3 is 1.68 bits per heavy atom. The number of carbonyl (C=O) groups excluding carboxylic acids is 2. The van der Waals surface area contributed by atoms with Crippen LogP contribution in [0, 0.1) is 6.92 Å². The first kappa shape index (κ1) is 24.2. The topological polar surface area (TPSA) is 83.5 Å². The van der Waals surface area contributed by atoms with Crippen molar-refractivity contribution in [3.05, 3.63) is 29.8 Å². The predicted molar refractivity (Wildman–Crippen MR) is 71.9 cm³/mol. The van der Waals surface area contributed by atoms with Gasteiger partial charge < -0.3 is 24.7 Å². The summed E-state index contributed by atoms with van der Waals surface area (Å²) < 4.78 is 0. The Bertz CT molecular complexity index is 431. The number of anilines is 1. The molecule has 0 atom stereocenters. The van der Waals surface area contributed by atoms with Crippen LogP contribution in [0.4, 0.5) is 5.69 Å². The number of rotatable bonds is 9. The molecule has 1 aromatic carbocycles. The van der Waals surface area contributed by atoms with E-state index in [1.54, 1.807) is 0 Å². The summed E-state index contributed by atoms with van der Waals surface area (Å²) in [4.78, 5) is 22.9. The van der Waals surface area contributed by atoms with Crippen molar-refractivity contribution in [3.8, 4) is 0 Å². The van der Waals surface area contributed by atoms with E-state index in [9.17, 15) is 19.8 Å². The van der Waals surface area contributed by atoms with Gasteiger partial charge in [-0.2, -0.15) is 0 Å². The zero-order valence-corrected chi connectivity index (χ0v) is 17.6. The number of carbonyl (C=O) groups is 2. The Balaban J connectivity index is 0. The van der Waals surface area contributed by atoms with Gasteiger partial charge in [0.05, 0.1) is 0 Å². The Hall–Kier alpha value is -0.0400. The van der Waals surface area contributed by atoms with Crippen LogP contribution in [0.1, 0.15) is 31.2 Å². The van der Waals surface area contributed by atoms with Crippen molar-refractivity contribution in [2.45, 2.75) is 32.6 Å². The Kier molecular flexibility index (Phi) is 14.8. The van der Waals surface area contributed by atoms with Crippen molar-refractivity contribution >= 4 is 17.6 Å². The van der Waals surface area contributed by atoms with Gasteiger partial charge in [-0.3, -0.25) is 0 Å². The molecule has 0 amide bonds. The summed E-state index contributed by atoms with van der Waals surface area (Å²) in [6.45, 7) is 3.11. The van der Waals surface area contributed by atoms with Gasteiger partial charge in [-0.05, 0) is 44.7 Å². The molecule has 0 heterocycles. The third-order valence-electron chi connectivity index (χ3n) is 3.02. The minimum Gasteiger partial charge on any atom is -0.550 e. The second-order valence-corrected chi connectivity index (χ2v) is 4.77. The molecule has 22 heavy (non-hydrogen) atoms. The molecule has 0 radical (unpaired) electrons. The van der Waals surface area contributed by atoms with Gasteiger partial charge in [0.2, 0.25) is 0 Å². The number of aryl methyl sites for hydroxylation is 1. The number of nitrogens with zero attached hydrogens (tertiary/aromatic N) is 1. The van der Waals surface area contributed by atoms with Crippen molar-refractivity contribution in [1.82, 2.24) is 0 Å². The van der Waals surface area contributed by atoms with Gasteiger partial charge in [0.1, 0.15) is 0 Å². The molecule has 1 aromatic rings. The Morgan fingerprint density at radius 1 is 0.909 bits per heavy atom. The first-order valence-corrected chi connectivity index (χ1v) is 6.70. The molecule has 0 N–H and O–H groups in total. The molecule has 0 aromatic heterocycles. The van der Waals surface area contributed by atoms with E-state index < -0.39 is 11.9 Å².